The molecule has 3 aromatic rings. The Hall–Kier alpha value is -2.95. The first-order valence-corrected chi connectivity index (χ1v) is 11.9. The number of thiophene rings is 1. The molecule has 182 valence electrons. The van der Waals surface area contributed by atoms with Crippen molar-refractivity contribution in [3.8, 4) is 0 Å². The largest absolute Gasteiger partial charge is 0.465 e. The minimum absolute atomic E-state index is 0.0937. The summed E-state index contributed by atoms with van der Waals surface area (Å²) in [7, 11) is 1.30. The number of fused-ring (bicyclic) bond motifs is 2. The minimum atomic E-state index is -2.81. The van der Waals surface area contributed by atoms with E-state index in [2.05, 4.69) is 41.2 Å². The van der Waals surface area contributed by atoms with E-state index in [9.17, 15) is 18.4 Å². The van der Waals surface area contributed by atoms with Crippen molar-refractivity contribution in [3.05, 3.63) is 39.3 Å². The summed E-state index contributed by atoms with van der Waals surface area (Å²) in [6, 6.07) is 1.20. The van der Waals surface area contributed by atoms with E-state index in [1.807, 2.05) is 0 Å². The van der Waals surface area contributed by atoms with Gasteiger partial charge in [-0.25, -0.2) is 18.6 Å². The molecule has 1 aliphatic rings. The zero-order valence-electron chi connectivity index (χ0n) is 19.7. The van der Waals surface area contributed by atoms with Gasteiger partial charge in [-0.3, -0.25) is 4.79 Å². The fraction of sp³-hybridized carbons (Fsp3) is 0.522. The molecule has 0 aliphatic heterocycles. The van der Waals surface area contributed by atoms with Crippen molar-refractivity contribution < 1.29 is 23.1 Å². The predicted octanol–water partition coefficient (Wildman–Crippen LogP) is 5.01. The number of ether oxygens (including phenoxy) is 1. The molecule has 0 radical (unpaired) electrons. The summed E-state index contributed by atoms with van der Waals surface area (Å²) in [5.74, 6) is -1.19. The number of carbonyl (C=O) groups excluding carboxylic acids is 2. The summed E-state index contributed by atoms with van der Waals surface area (Å²) in [5, 5.41) is 7.01. The van der Waals surface area contributed by atoms with Crippen LogP contribution in [0.4, 0.5) is 13.8 Å². The molecule has 1 N–H and O–H groups in total. The first-order chi connectivity index (χ1) is 16.1. The molecule has 0 unspecified atom stereocenters. The third-order valence-electron chi connectivity index (χ3n) is 6.79. The van der Waals surface area contributed by atoms with E-state index in [4.69, 9.17) is 4.74 Å². The molecule has 0 saturated heterocycles. The fourth-order valence-electron chi connectivity index (χ4n) is 4.37. The number of hydrogen-bond donors (Lipinski definition) is 1. The Bertz CT molecular complexity index is 1270. The molecule has 0 bridgehead atoms. The van der Waals surface area contributed by atoms with Gasteiger partial charge in [0.05, 0.1) is 12.7 Å². The van der Waals surface area contributed by atoms with E-state index in [1.165, 1.54) is 24.5 Å². The van der Waals surface area contributed by atoms with Crippen molar-refractivity contribution in [3.63, 3.8) is 0 Å². The summed E-state index contributed by atoms with van der Waals surface area (Å²) >= 11 is 1.35. The number of nitrogens with one attached hydrogen (secondary N) is 1. The number of anilines is 1. The van der Waals surface area contributed by atoms with Gasteiger partial charge in [0.2, 0.25) is 5.82 Å². The summed E-state index contributed by atoms with van der Waals surface area (Å²) in [5.41, 5.74) is 1.33. The van der Waals surface area contributed by atoms with Gasteiger partial charge >= 0.3 is 5.97 Å². The summed E-state index contributed by atoms with van der Waals surface area (Å²) in [6.07, 6.45) is 0.705. The van der Waals surface area contributed by atoms with Crippen LogP contribution in [0, 0.1) is 18.3 Å². The average molecular weight is 492 g/mol. The van der Waals surface area contributed by atoms with E-state index in [0.717, 1.165) is 34.2 Å². The first-order valence-electron chi connectivity index (χ1n) is 11.1. The Labute approximate surface area is 199 Å². The van der Waals surface area contributed by atoms with Gasteiger partial charge < -0.3 is 10.1 Å². The van der Waals surface area contributed by atoms with Gasteiger partial charge in [0.1, 0.15) is 10.7 Å². The number of nitrogens with zero attached hydrogens (tertiary/aromatic N) is 4. The van der Waals surface area contributed by atoms with Gasteiger partial charge in [-0.2, -0.15) is 9.50 Å². The number of amides is 1. The molecule has 0 saturated carbocycles. The maximum absolute atomic E-state index is 13.4. The SMILES string of the molecule is CCC(C)(C)[C@H]1CCc2c(sc(NC(=O)c3nc4nc(C)cc(C(F)F)n4n3)c2C(=O)OC)C1. The maximum Gasteiger partial charge on any atom is 0.341 e. The van der Waals surface area contributed by atoms with Crippen molar-refractivity contribution in [2.45, 2.75) is 59.8 Å². The van der Waals surface area contributed by atoms with Gasteiger partial charge in [0, 0.05) is 10.6 Å². The van der Waals surface area contributed by atoms with Crippen molar-refractivity contribution in [2.75, 3.05) is 12.4 Å². The number of halogens is 2. The van der Waals surface area contributed by atoms with Gasteiger partial charge in [-0.1, -0.05) is 27.2 Å². The Morgan fingerprint density at radius 3 is 2.74 bits per heavy atom. The van der Waals surface area contributed by atoms with Crippen LogP contribution < -0.4 is 5.32 Å². The second-order valence-electron chi connectivity index (χ2n) is 9.21. The van der Waals surface area contributed by atoms with E-state index in [0.29, 0.717) is 28.6 Å². The molecule has 8 nitrogen and oxygen atoms in total. The molecular formula is C23H27F2N5O3S. The van der Waals surface area contributed by atoms with Crippen molar-refractivity contribution >= 4 is 34.0 Å². The van der Waals surface area contributed by atoms with Crippen molar-refractivity contribution in [1.82, 2.24) is 19.6 Å². The third-order valence-corrected chi connectivity index (χ3v) is 7.96. The van der Waals surface area contributed by atoms with Crippen molar-refractivity contribution in [1.29, 1.82) is 0 Å². The molecule has 0 fully saturated rings. The Balaban J connectivity index is 1.68. The van der Waals surface area contributed by atoms with E-state index in [1.54, 1.807) is 6.92 Å². The number of alkyl halides is 2. The topological polar surface area (TPSA) is 98.5 Å². The molecule has 0 aromatic carbocycles. The first kappa shape index (κ1) is 24.2. The lowest BCUT2D eigenvalue weighted by Crippen LogP contribution is -2.28. The summed E-state index contributed by atoms with van der Waals surface area (Å²) < 4.78 is 32.7. The molecule has 11 heteroatoms. The minimum Gasteiger partial charge on any atom is -0.465 e. The fourth-order valence-corrected chi connectivity index (χ4v) is 5.68. The number of hydrogen-bond acceptors (Lipinski definition) is 7. The zero-order valence-corrected chi connectivity index (χ0v) is 20.6. The highest BCUT2D eigenvalue weighted by atomic mass is 32.1. The number of esters is 1. The molecule has 3 aromatic heterocycles. The predicted molar refractivity (Wildman–Crippen MR) is 124 cm³/mol. The smallest absolute Gasteiger partial charge is 0.341 e. The molecule has 4 rings (SSSR count). The Morgan fingerprint density at radius 2 is 2.09 bits per heavy atom. The number of carbonyl (C=O) groups is 2. The van der Waals surface area contributed by atoms with E-state index in [-0.39, 0.29) is 17.0 Å². The lowest BCUT2D eigenvalue weighted by Gasteiger charge is -2.36. The molecule has 0 spiro atoms. The second kappa shape index (κ2) is 9.01. The third kappa shape index (κ3) is 4.28. The van der Waals surface area contributed by atoms with Crippen molar-refractivity contribution in [2.24, 2.45) is 11.3 Å². The molecular weight excluding hydrogens is 464 g/mol. The summed E-state index contributed by atoms with van der Waals surface area (Å²) in [6.45, 7) is 8.23. The zero-order chi connectivity index (χ0) is 24.8. The van der Waals surface area contributed by atoms with Crippen LogP contribution in [-0.2, 0) is 17.6 Å². The van der Waals surface area contributed by atoms with Crippen LogP contribution >= 0.6 is 11.3 Å². The lowest BCUT2D eigenvalue weighted by molar-refractivity contribution is 0.0600. The molecule has 3 heterocycles. The summed E-state index contributed by atoms with van der Waals surface area (Å²) in [4.78, 5) is 34.8. The monoisotopic (exact) mass is 491 g/mol. The van der Waals surface area contributed by atoms with Gasteiger partial charge in [-0.05, 0) is 49.1 Å². The maximum atomic E-state index is 13.4. The highest BCUT2D eigenvalue weighted by Gasteiger charge is 2.36. The molecule has 1 atom stereocenters. The number of aryl methyl sites for hydroxylation is 1. The Morgan fingerprint density at radius 1 is 1.35 bits per heavy atom. The van der Waals surface area contributed by atoms with Crippen LogP contribution in [0.2, 0.25) is 0 Å². The van der Waals surface area contributed by atoms with E-state index < -0.39 is 24.0 Å². The van der Waals surface area contributed by atoms with Crippen LogP contribution in [-0.4, -0.2) is 38.6 Å². The standard InChI is InChI=1S/C23H27F2N5O3S/c1-6-23(3,4)12-7-8-13-15(10-12)34-20(16(13)21(32)33-5)28-19(31)18-27-22-26-11(2)9-14(17(24)25)30(22)29-18/h9,12,17H,6-8,10H2,1-5H3,(H,28,31)/t12-/m0/s1. The average Bonchev–Trinajstić information content (AvgIpc) is 3.38. The van der Waals surface area contributed by atoms with Gasteiger partial charge in [-0.15, -0.1) is 16.4 Å². The van der Waals surface area contributed by atoms with Gasteiger partial charge in [0.25, 0.3) is 18.1 Å². The number of aromatic nitrogens is 4. The van der Waals surface area contributed by atoms with Crippen LogP contribution in [0.1, 0.15) is 82.8 Å². The normalized spacial score (nSPS) is 16.1. The number of rotatable bonds is 6. The van der Waals surface area contributed by atoms with Gasteiger partial charge in [0.15, 0.2) is 0 Å². The second-order valence-corrected chi connectivity index (χ2v) is 10.3. The van der Waals surface area contributed by atoms with Crippen LogP contribution in [0.5, 0.6) is 0 Å². The van der Waals surface area contributed by atoms with E-state index >= 15 is 0 Å². The Kier molecular flexibility index (Phi) is 6.41. The van der Waals surface area contributed by atoms with Crippen LogP contribution in [0.15, 0.2) is 6.07 Å². The van der Waals surface area contributed by atoms with Crippen LogP contribution in [0.3, 0.4) is 0 Å². The molecule has 1 aliphatic carbocycles. The highest BCUT2D eigenvalue weighted by Crippen LogP contribution is 2.45. The number of methoxy groups -OCH3 is 1. The lowest BCUT2D eigenvalue weighted by atomic mass is 9.69. The van der Waals surface area contributed by atoms with Crippen LogP contribution in [0.25, 0.3) is 5.78 Å². The molecule has 34 heavy (non-hydrogen) atoms. The molecule has 1 amide bonds. The highest BCUT2D eigenvalue weighted by molar-refractivity contribution is 7.17. The quantitative estimate of drug-likeness (QED) is 0.487.